The summed E-state index contributed by atoms with van der Waals surface area (Å²) in [7, 11) is 0. The lowest BCUT2D eigenvalue weighted by Gasteiger charge is -2.06. The number of carboxylic acid groups (broad SMARTS) is 2. The molecule has 0 radical (unpaired) electrons. The van der Waals surface area contributed by atoms with Crippen LogP contribution in [0.3, 0.4) is 0 Å². The van der Waals surface area contributed by atoms with Crippen LogP contribution in [0.4, 0.5) is 0 Å². The number of carboxylic acids is 2. The number of hydrogen-bond acceptors (Lipinski definition) is 3. The first kappa shape index (κ1) is 10.3. The highest BCUT2D eigenvalue weighted by molar-refractivity contribution is 5.77. The molecule has 0 aromatic carbocycles. The van der Waals surface area contributed by atoms with Crippen molar-refractivity contribution in [2.24, 2.45) is 5.92 Å². The third kappa shape index (κ3) is 2.93. The summed E-state index contributed by atoms with van der Waals surface area (Å²) in [6.45, 7) is 0. The van der Waals surface area contributed by atoms with E-state index in [2.05, 4.69) is 0 Å². The molecule has 1 atom stereocenters. The molecule has 5 nitrogen and oxygen atoms in total. The maximum absolute atomic E-state index is 10.7. The van der Waals surface area contributed by atoms with Crippen LogP contribution in [0.2, 0.25) is 0 Å². The van der Waals surface area contributed by atoms with Crippen molar-refractivity contribution in [3.8, 4) is 0 Å². The van der Waals surface area contributed by atoms with Crippen LogP contribution >= 0.6 is 0 Å². The van der Waals surface area contributed by atoms with Crippen molar-refractivity contribution in [3.63, 3.8) is 0 Å². The molecule has 0 spiro atoms. The summed E-state index contributed by atoms with van der Waals surface area (Å²) in [5.74, 6) is -2.69. The predicted octanol–water partition coefficient (Wildman–Crippen LogP) is 0.998. The van der Waals surface area contributed by atoms with Crippen molar-refractivity contribution in [1.82, 2.24) is 0 Å². The number of carbonyl (C=O) groups is 2. The molecule has 0 aliphatic rings. The first-order valence-electron chi connectivity index (χ1n) is 4.06. The van der Waals surface area contributed by atoms with Crippen LogP contribution in [0, 0.1) is 5.92 Å². The number of furan rings is 1. The van der Waals surface area contributed by atoms with Crippen molar-refractivity contribution in [3.05, 3.63) is 24.2 Å². The van der Waals surface area contributed by atoms with E-state index >= 15 is 0 Å². The van der Waals surface area contributed by atoms with E-state index in [9.17, 15) is 9.59 Å². The Hall–Kier alpha value is -1.78. The van der Waals surface area contributed by atoms with Gasteiger partial charge in [-0.05, 0) is 12.1 Å². The van der Waals surface area contributed by atoms with Gasteiger partial charge >= 0.3 is 11.9 Å². The number of hydrogen-bond donors (Lipinski definition) is 2. The monoisotopic (exact) mass is 198 g/mol. The average Bonchev–Trinajstić information content (AvgIpc) is 2.54. The maximum Gasteiger partial charge on any atom is 0.307 e. The Morgan fingerprint density at radius 3 is 2.57 bits per heavy atom. The summed E-state index contributed by atoms with van der Waals surface area (Å²) >= 11 is 0. The smallest absolute Gasteiger partial charge is 0.307 e. The van der Waals surface area contributed by atoms with E-state index in [0.717, 1.165) is 0 Å². The minimum absolute atomic E-state index is 0.106. The summed E-state index contributed by atoms with van der Waals surface area (Å²) in [6, 6.07) is 3.26. The lowest BCUT2D eigenvalue weighted by molar-refractivity contribution is -0.148. The molecule has 1 aromatic rings. The molecule has 1 rings (SSSR count). The molecule has 1 aromatic heterocycles. The second-order valence-electron chi connectivity index (χ2n) is 2.92. The molecule has 0 bridgehead atoms. The molecule has 0 fully saturated rings. The Bertz CT molecular complexity index is 314. The van der Waals surface area contributed by atoms with Gasteiger partial charge in [0.2, 0.25) is 0 Å². The summed E-state index contributed by atoms with van der Waals surface area (Å²) in [5, 5.41) is 17.2. The van der Waals surface area contributed by atoms with Crippen LogP contribution in [-0.2, 0) is 16.0 Å². The first-order valence-corrected chi connectivity index (χ1v) is 4.06. The Morgan fingerprint density at radius 2 is 2.14 bits per heavy atom. The number of aliphatic carboxylic acids is 2. The molecule has 76 valence electrons. The van der Waals surface area contributed by atoms with Gasteiger partial charge in [0.25, 0.3) is 0 Å². The number of rotatable bonds is 5. The Morgan fingerprint density at radius 1 is 1.43 bits per heavy atom. The van der Waals surface area contributed by atoms with Crippen LogP contribution in [0.25, 0.3) is 0 Å². The first-order chi connectivity index (χ1) is 6.59. The second kappa shape index (κ2) is 4.45. The van der Waals surface area contributed by atoms with Gasteiger partial charge in [-0.25, -0.2) is 0 Å². The van der Waals surface area contributed by atoms with Crippen molar-refractivity contribution < 1.29 is 24.2 Å². The third-order valence-electron chi connectivity index (χ3n) is 1.80. The minimum Gasteiger partial charge on any atom is -0.481 e. The molecule has 0 amide bonds. The zero-order valence-corrected chi connectivity index (χ0v) is 7.34. The van der Waals surface area contributed by atoms with Crippen LogP contribution in [0.1, 0.15) is 12.2 Å². The molecular weight excluding hydrogens is 188 g/mol. The van der Waals surface area contributed by atoms with Crippen molar-refractivity contribution in [2.45, 2.75) is 12.8 Å². The fraction of sp³-hybridized carbons (Fsp3) is 0.333. The SMILES string of the molecule is O=C(O)C[C@@H](Cc1ccco1)C(=O)O. The normalized spacial score (nSPS) is 12.3. The van der Waals surface area contributed by atoms with Crippen molar-refractivity contribution in [2.75, 3.05) is 0 Å². The summed E-state index contributed by atoms with van der Waals surface area (Å²) in [4.78, 5) is 21.0. The molecule has 0 saturated carbocycles. The van der Waals surface area contributed by atoms with Crippen LogP contribution in [0.5, 0.6) is 0 Å². The molecule has 5 heteroatoms. The molecule has 1 heterocycles. The van der Waals surface area contributed by atoms with E-state index in [0.29, 0.717) is 5.76 Å². The van der Waals surface area contributed by atoms with Gasteiger partial charge < -0.3 is 14.6 Å². The highest BCUT2D eigenvalue weighted by atomic mass is 16.4. The Kier molecular flexibility index (Phi) is 3.28. The van der Waals surface area contributed by atoms with Gasteiger partial charge in [0.05, 0.1) is 18.6 Å². The Balaban J connectivity index is 2.60. The van der Waals surface area contributed by atoms with Crippen molar-refractivity contribution in [1.29, 1.82) is 0 Å². The summed E-state index contributed by atoms with van der Waals surface area (Å²) < 4.78 is 4.94. The van der Waals surface area contributed by atoms with E-state index in [1.54, 1.807) is 12.1 Å². The summed E-state index contributed by atoms with van der Waals surface area (Å²) in [5.41, 5.74) is 0. The molecule has 0 aliphatic carbocycles. The van der Waals surface area contributed by atoms with Gasteiger partial charge in [-0.1, -0.05) is 0 Å². The van der Waals surface area contributed by atoms with Gasteiger partial charge in [-0.15, -0.1) is 0 Å². The second-order valence-corrected chi connectivity index (χ2v) is 2.92. The predicted molar refractivity (Wildman–Crippen MR) is 45.8 cm³/mol. The highest BCUT2D eigenvalue weighted by Crippen LogP contribution is 2.13. The lowest BCUT2D eigenvalue weighted by atomic mass is 10.0. The van der Waals surface area contributed by atoms with Gasteiger partial charge in [0, 0.05) is 6.42 Å². The zero-order chi connectivity index (χ0) is 10.6. The third-order valence-corrected chi connectivity index (χ3v) is 1.80. The van der Waals surface area contributed by atoms with Gasteiger partial charge in [0.1, 0.15) is 5.76 Å². The molecule has 0 saturated heterocycles. The molecule has 14 heavy (non-hydrogen) atoms. The molecule has 2 N–H and O–H groups in total. The Labute approximate surface area is 80.0 Å². The fourth-order valence-corrected chi connectivity index (χ4v) is 1.13. The minimum atomic E-state index is -1.12. The quantitative estimate of drug-likeness (QED) is 0.736. The summed E-state index contributed by atoms with van der Waals surface area (Å²) in [6.07, 6.45) is 1.14. The standard InChI is InChI=1S/C9H10O5/c10-8(11)5-6(9(12)13)4-7-2-1-3-14-7/h1-3,6H,4-5H2,(H,10,11)(H,12,13)/t6-/m1/s1. The largest absolute Gasteiger partial charge is 0.481 e. The van der Waals surface area contributed by atoms with Crippen LogP contribution in [-0.4, -0.2) is 22.2 Å². The molecule has 0 unspecified atom stereocenters. The van der Waals surface area contributed by atoms with Crippen LogP contribution < -0.4 is 0 Å². The van der Waals surface area contributed by atoms with E-state index in [4.69, 9.17) is 14.6 Å². The molecular formula is C9H10O5. The van der Waals surface area contributed by atoms with E-state index in [1.807, 2.05) is 0 Å². The van der Waals surface area contributed by atoms with Crippen molar-refractivity contribution >= 4 is 11.9 Å². The highest BCUT2D eigenvalue weighted by Gasteiger charge is 2.22. The van der Waals surface area contributed by atoms with Gasteiger partial charge in [0.15, 0.2) is 0 Å². The van der Waals surface area contributed by atoms with Gasteiger partial charge in [-0.3, -0.25) is 9.59 Å². The average molecular weight is 198 g/mol. The van der Waals surface area contributed by atoms with E-state index < -0.39 is 24.3 Å². The maximum atomic E-state index is 10.7. The lowest BCUT2D eigenvalue weighted by Crippen LogP contribution is -2.19. The van der Waals surface area contributed by atoms with E-state index in [-0.39, 0.29) is 6.42 Å². The van der Waals surface area contributed by atoms with E-state index in [1.165, 1.54) is 6.26 Å². The molecule has 0 aliphatic heterocycles. The topological polar surface area (TPSA) is 87.7 Å². The fourth-order valence-electron chi connectivity index (χ4n) is 1.13. The zero-order valence-electron chi connectivity index (χ0n) is 7.34. The van der Waals surface area contributed by atoms with Crippen LogP contribution in [0.15, 0.2) is 22.8 Å². The van der Waals surface area contributed by atoms with Gasteiger partial charge in [-0.2, -0.15) is 0 Å².